The van der Waals surface area contributed by atoms with Gasteiger partial charge in [-0.25, -0.2) is 0 Å². The van der Waals surface area contributed by atoms with Crippen LogP contribution in [-0.2, 0) is 17.4 Å². The van der Waals surface area contributed by atoms with Crippen molar-refractivity contribution in [3.8, 4) is 11.1 Å². The molecule has 0 aliphatic rings. The molecule has 2 N–H and O–H groups in total. The quantitative estimate of drug-likeness (QED) is 0.574. The number of carbonyl (C=O) groups is 1. The third-order valence-corrected chi connectivity index (χ3v) is 4.72. The Labute approximate surface area is 176 Å². The van der Waals surface area contributed by atoms with Crippen molar-refractivity contribution in [2.24, 2.45) is 0 Å². The van der Waals surface area contributed by atoms with Crippen molar-refractivity contribution >= 4 is 18.3 Å². The lowest BCUT2D eigenvalue weighted by molar-refractivity contribution is -0.137. The molecule has 160 valence electrons. The van der Waals surface area contributed by atoms with Crippen LogP contribution in [0.3, 0.4) is 0 Å². The van der Waals surface area contributed by atoms with E-state index in [9.17, 15) is 18.0 Å². The number of rotatable bonds is 9. The van der Waals surface area contributed by atoms with Crippen LogP contribution in [0, 0.1) is 0 Å². The SMILES string of the molecule is CCCC[C@H](NC)C(=O)NCCc1ccc(-c2ccc(C(F)(F)F)cc2)cc1.Cl. The molecule has 0 aliphatic heterocycles. The molecule has 1 amide bonds. The summed E-state index contributed by atoms with van der Waals surface area (Å²) in [6.07, 6.45) is -0.749. The highest BCUT2D eigenvalue weighted by Crippen LogP contribution is 2.31. The van der Waals surface area contributed by atoms with Gasteiger partial charge in [-0.2, -0.15) is 13.2 Å². The van der Waals surface area contributed by atoms with Gasteiger partial charge in [0.1, 0.15) is 0 Å². The number of nitrogens with one attached hydrogen (secondary N) is 2. The Morgan fingerprint density at radius 2 is 1.55 bits per heavy atom. The summed E-state index contributed by atoms with van der Waals surface area (Å²) in [7, 11) is 1.79. The van der Waals surface area contributed by atoms with Crippen LogP contribution in [0.25, 0.3) is 11.1 Å². The van der Waals surface area contributed by atoms with Gasteiger partial charge in [0.2, 0.25) is 5.91 Å². The molecular formula is C22H28ClF3N2O. The number of carbonyl (C=O) groups excluding carboxylic acids is 1. The molecule has 2 aromatic carbocycles. The molecule has 2 aromatic rings. The largest absolute Gasteiger partial charge is 0.416 e. The molecule has 0 saturated heterocycles. The van der Waals surface area contributed by atoms with E-state index in [2.05, 4.69) is 17.6 Å². The first-order valence-corrected chi connectivity index (χ1v) is 9.56. The van der Waals surface area contributed by atoms with Gasteiger partial charge in [0, 0.05) is 6.54 Å². The summed E-state index contributed by atoms with van der Waals surface area (Å²) in [5.41, 5.74) is 2.00. The Morgan fingerprint density at radius 1 is 1.00 bits per heavy atom. The summed E-state index contributed by atoms with van der Waals surface area (Å²) in [5, 5.41) is 5.99. The monoisotopic (exact) mass is 428 g/mol. The first-order chi connectivity index (χ1) is 13.3. The van der Waals surface area contributed by atoms with Gasteiger partial charge >= 0.3 is 6.18 Å². The van der Waals surface area contributed by atoms with Crippen molar-refractivity contribution in [2.45, 2.75) is 44.8 Å². The molecule has 0 heterocycles. The van der Waals surface area contributed by atoms with E-state index in [-0.39, 0.29) is 24.4 Å². The lowest BCUT2D eigenvalue weighted by Gasteiger charge is -2.15. The summed E-state index contributed by atoms with van der Waals surface area (Å²) in [6.45, 7) is 2.64. The minimum absolute atomic E-state index is 0. The van der Waals surface area contributed by atoms with Crippen LogP contribution in [0.1, 0.15) is 37.3 Å². The third-order valence-electron chi connectivity index (χ3n) is 4.72. The standard InChI is InChI=1S/C22H27F3N2O.ClH/c1-3-4-5-20(26-2)21(28)27-15-14-16-6-8-17(9-7-16)18-10-12-19(13-11-18)22(23,24)25;/h6-13,20,26H,3-5,14-15H2,1-2H3,(H,27,28);1H/t20-;/m0./s1. The van der Waals surface area contributed by atoms with Gasteiger partial charge in [0.25, 0.3) is 0 Å². The highest BCUT2D eigenvalue weighted by atomic mass is 35.5. The second-order valence-electron chi connectivity index (χ2n) is 6.80. The highest BCUT2D eigenvalue weighted by Gasteiger charge is 2.29. The highest BCUT2D eigenvalue weighted by molar-refractivity contribution is 5.85. The molecule has 7 heteroatoms. The van der Waals surface area contributed by atoms with Gasteiger partial charge in [-0.15, -0.1) is 12.4 Å². The normalized spacial score (nSPS) is 12.2. The van der Waals surface area contributed by atoms with Crippen LogP contribution in [0.15, 0.2) is 48.5 Å². The fourth-order valence-corrected chi connectivity index (χ4v) is 2.98. The van der Waals surface area contributed by atoms with Gasteiger partial charge in [-0.05, 0) is 48.7 Å². The maximum atomic E-state index is 12.6. The number of hydrogen-bond donors (Lipinski definition) is 2. The smallest absolute Gasteiger partial charge is 0.354 e. The predicted molar refractivity (Wildman–Crippen MR) is 113 cm³/mol. The van der Waals surface area contributed by atoms with E-state index >= 15 is 0 Å². The molecule has 0 aromatic heterocycles. The van der Waals surface area contributed by atoms with E-state index in [1.807, 2.05) is 24.3 Å². The predicted octanol–water partition coefficient (Wildman–Crippen LogP) is 5.23. The van der Waals surface area contributed by atoms with Crippen molar-refractivity contribution in [1.29, 1.82) is 0 Å². The molecule has 2 rings (SSSR count). The van der Waals surface area contributed by atoms with E-state index in [0.29, 0.717) is 13.0 Å². The van der Waals surface area contributed by atoms with Crippen LogP contribution in [0.4, 0.5) is 13.2 Å². The Morgan fingerprint density at radius 3 is 2.03 bits per heavy atom. The number of benzene rings is 2. The Hall–Kier alpha value is -2.05. The van der Waals surface area contributed by atoms with Crippen LogP contribution >= 0.6 is 12.4 Å². The van der Waals surface area contributed by atoms with Gasteiger partial charge in [0.15, 0.2) is 0 Å². The molecule has 0 saturated carbocycles. The summed E-state index contributed by atoms with van der Waals surface area (Å²) in [5.74, 6) is 0.0114. The minimum atomic E-state index is -4.32. The van der Waals surface area contributed by atoms with Crippen molar-refractivity contribution in [2.75, 3.05) is 13.6 Å². The average Bonchev–Trinajstić information content (AvgIpc) is 2.68. The maximum absolute atomic E-state index is 12.6. The number of amides is 1. The molecule has 3 nitrogen and oxygen atoms in total. The lowest BCUT2D eigenvalue weighted by atomic mass is 10.0. The Kier molecular flexibility index (Phi) is 10.2. The maximum Gasteiger partial charge on any atom is 0.416 e. The van der Waals surface area contributed by atoms with Crippen molar-refractivity contribution < 1.29 is 18.0 Å². The molecule has 0 fully saturated rings. The van der Waals surface area contributed by atoms with Crippen molar-refractivity contribution in [1.82, 2.24) is 10.6 Å². The van der Waals surface area contributed by atoms with Crippen molar-refractivity contribution in [3.63, 3.8) is 0 Å². The zero-order valence-electron chi connectivity index (χ0n) is 16.7. The fourth-order valence-electron chi connectivity index (χ4n) is 2.98. The number of alkyl halides is 3. The summed E-state index contributed by atoms with van der Waals surface area (Å²) in [6, 6.07) is 12.6. The van der Waals surface area contributed by atoms with E-state index in [4.69, 9.17) is 0 Å². The number of likely N-dealkylation sites (N-methyl/N-ethyl adjacent to an activating group) is 1. The van der Waals surface area contributed by atoms with Crippen LogP contribution < -0.4 is 10.6 Å². The van der Waals surface area contributed by atoms with Gasteiger partial charge in [-0.1, -0.05) is 56.2 Å². The first-order valence-electron chi connectivity index (χ1n) is 9.56. The van der Waals surface area contributed by atoms with Crippen LogP contribution in [0.2, 0.25) is 0 Å². The molecule has 0 spiro atoms. The minimum Gasteiger partial charge on any atom is -0.354 e. The van der Waals surface area contributed by atoms with Gasteiger partial charge < -0.3 is 10.6 Å². The number of unbranched alkanes of at least 4 members (excludes halogenated alkanes) is 1. The fraction of sp³-hybridized carbons (Fsp3) is 0.409. The zero-order chi connectivity index (χ0) is 20.6. The first kappa shape index (κ1) is 25.0. The molecule has 29 heavy (non-hydrogen) atoms. The second-order valence-corrected chi connectivity index (χ2v) is 6.80. The van der Waals surface area contributed by atoms with E-state index < -0.39 is 11.7 Å². The van der Waals surface area contributed by atoms with Crippen LogP contribution in [-0.4, -0.2) is 25.5 Å². The molecule has 0 radical (unpaired) electrons. The van der Waals surface area contributed by atoms with E-state index in [1.54, 1.807) is 7.05 Å². The average molecular weight is 429 g/mol. The summed E-state index contributed by atoms with van der Waals surface area (Å²) >= 11 is 0. The van der Waals surface area contributed by atoms with Gasteiger partial charge in [0.05, 0.1) is 11.6 Å². The zero-order valence-corrected chi connectivity index (χ0v) is 17.5. The molecule has 0 aliphatic carbocycles. The topological polar surface area (TPSA) is 41.1 Å². The molecule has 0 bridgehead atoms. The number of hydrogen-bond acceptors (Lipinski definition) is 2. The Balaban J connectivity index is 0.00000420. The number of halogens is 4. The van der Waals surface area contributed by atoms with Gasteiger partial charge in [-0.3, -0.25) is 4.79 Å². The molecule has 0 unspecified atom stereocenters. The second kappa shape index (κ2) is 11.8. The van der Waals surface area contributed by atoms with E-state index in [0.717, 1.165) is 48.1 Å². The van der Waals surface area contributed by atoms with Crippen molar-refractivity contribution in [3.05, 3.63) is 59.7 Å². The Bertz CT molecular complexity index is 746. The third kappa shape index (κ3) is 7.71. The summed E-state index contributed by atoms with van der Waals surface area (Å²) < 4.78 is 37.9. The van der Waals surface area contributed by atoms with Crippen LogP contribution in [0.5, 0.6) is 0 Å². The van der Waals surface area contributed by atoms with E-state index in [1.165, 1.54) is 12.1 Å². The lowest BCUT2D eigenvalue weighted by Crippen LogP contribution is -2.43. The molecule has 1 atom stereocenters. The molecular weight excluding hydrogens is 401 g/mol. The summed E-state index contributed by atoms with van der Waals surface area (Å²) in [4.78, 5) is 12.2.